The predicted octanol–water partition coefficient (Wildman–Crippen LogP) is 2.70. The van der Waals surface area contributed by atoms with Crippen LogP contribution < -0.4 is 11.1 Å². The molecule has 1 amide bonds. The molecule has 0 aliphatic rings. The van der Waals surface area contributed by atoms with Gasteiger partial charge in [0.1, 0.15) is 0 Å². The zero-order chi connectivity index (χ0) is 18.1. The minimum Gasteiger partial charge on any atom is -0.342 e. The lowest BCUT2D eigenvalue weighted by atomic mass is 9.97. The molecular formula is C20H19N5O. The average molecular weight is 345 g/mol. The van der Waals surface area contributed by atoms with E-state index in [0.717, 1.165) is 21.9 Å². The van der Waals surface area contributed by atoms with Gasteiger partial charge in [0.15, 0.2) is 5.69 Å². The summed E-state index contributed by atoms with van der Waals surface area (Å²) in [6.45, 7) is 1.88. The van der Waals surface area contributed by atoms with E-state index in [-0.39, 0.29) is 18.0 Å². The predicted molar refractivity (Wildman–Crippen MR) is 101 cm³/mol. The van der Waals surface area contributed by atoms with E-state index in [1.165, 1.54) is 4.63 Å². The summed E-state index contributed by atoms with van der Waals surface area (Å²) in [4.78, 5) is 12.7. The normalized spacial score (nSPS) is 13.6. The van der Waals surface area contributed by atoms with Crippen molar-refractivity contribution in [1.82, 2.24) is 20.1 Å². The largest absolute Gasteiger partial charge is 0.342 e. The van der Waals surface area contributed by atoms with E-state index in [1.54, 1.807) is 18.3 Å². The molecular weight excluding hydrogens is 326 g/mol. The molecule has 2 unspecified atom stereocenters. The van der Waals surface area contributed by atoms with Crippen LogP contribution in [0.2, 0.25) is 0 Å². The van der Waals surface area contributed by atoms with Gasteiger partial charge in [-0.1, -0.05) is 36.4 Å². The number of carbonyl (C=O) groups is 1. The molecule has 2 aromatic carbocycles. The molecule has 26 heavy (non-hydrogen) atoms. The number of benzene rings is 2. The van der Waals surface area contributed by atoms with Crippen molar-refractivity contribution in [3.63, 3.8) is 0 Å². The number of carbonyl (C=O) groups excluding carboxylic acids is 1. The quantitative estimate of drug-likeness (QED) is 0.595. The number of hydrogen-bond acceptors (Lipinski definition) is 4. The number of nitrogens with two attached hydrogens (primary N) is 1. The monoisotopic (exact) mass is 345 g/mol. The summed E-state index contributed by atoms with van der Waals surface area (Å²) in [5, 5.41) is 13.6. The molecule has 3 N–H and O–H groups in total. The first-order valence-electron chi connectivity index (χ1n) is 8.48. The van der Waals surface area contributed by atoms with Gasteiger partial charge in [0, 0.05) is 12.2 Å². The number of fused-ring (bicyclic) bond motifs is 2. The molecule has 4 aromatic rings. The highest BCUT2D eigenvalue weighted by molar-refractivity contribution is 5.94. The molecule has 2 aromatic heterocycles. The van der Waals surface area contributed by atoms with Crippen molar-refractivity contribution in [2.24, 2.45) is 5.73 Å². The molecule has 0 aliphatic heterocycles. The summed E-state index contributed by atoms with van der Waals surface area (Å²) in [6.07, 6.45) is 1.63. The second-order valence-corrected chi connectivity index (χ2v) is 6.38. The van der Waals surface area contributed by atoms with E-state index in [1.807, 2.05) is 43.3 Å². The number of rotatable bonds is 4. The molecule has 6 heteroatoms. The third kappa shape index (κ3) is 3.02. The third-order valence-electron chi connectivity index (χ3n) is 4.42. The standard InChI is InChI=1S/C20H19N5O/c1-13(21)19(16-9-8-14-5-2-3-6-15(14)11-16)23-20(26)18-12-17-7-4-10-22-25(17)24-18/h2-13,19H,21H2,1H3,(H,23,26). The second kappa shape index (κ2) is 6.57. The highest BCUT2D eigenvalue weighted by atomic mass is 16.2. The van der Waals surface area contributed by atoms with Gasteiger partial charge in [-0.15, -0.1) is 5.10 Å². The van der Waals surface area contributed by atoms with Gasteiger partial charge in [-0.05, 0) is 47.5 Å². The zero-order valence-corrected chi connectivity index (χ0v) is 14.3. The van der Waals surface area contributed by atoms with Crippen molar-refractivity contribution in [3.8, 4) is 0 Å². The maximum absolute atomic E-state index is 12.7. The van der Waals surface area contributed by atoms with Crippen molar-refractivity contribution >= 4 is 22.2 Å². The summed E-state index contributed by atoms with van der Waals surface area (Å²) < 4.78 is 1.44. The fourth-order valence-electron chi connectivity index (χ4n) is 3.08. The van der Waals surface area contributed by atoms with Crippen LogP contribution in [0.5, 0.6) is 0 Å². The molecule has 2 atom stereocenters. The van der Waals surface area contributed by atoms with E-state index < -0.39 is 0 Å². The topological polar surface area (TPSA) is 85.3 Å². The molecule has 6 nitrogen and oxygen atoms in total. The van der Waals surface area contributed by atoms with Gasteiger partial charge in [-0.3, -0.25) is 4.79 Å². The maximum atomic E-state index is 12.7. The molecule has 0 saturated heterocycles. The smallest absolute Gasteiger partial charge is 0.272 e. The van der Waals surface area contributed by atoms with Crippen LogP contribution in [0.25, 0.3) is 16.3 Å². The Morgan fingerprint density at radius 1 is 1.08 bits per heavy atom. The van der Waals surface area contributed by atoms with Gasteiger partial charge < -0.3 is 11.1 Å². The van der Waals surface area contributed by atoms with Crippen molar-refractivity contribution in [1.29, 1.82) is 0 Å². The fraction of sp³-hybridized carbons (Fsp3) is 0.150. The van der Waals surface area contributed by atoms with Crippen LogP contribution in [0.1, 0.15) is 29.0 Å². The van der Waals surface area contributed by atoms with E-state index in [0.29, 0.717) is 5.69 Å². The fourth-order valence-corrected chi connectivity index (χ4v) is 3.08. The lowest BCUT2D eigenvalue weighted by molar-refractivity contribution is 0.0926. The Morgan fingerprint density at radius 3 is 2.65 bits per heavy atom. The summed E-state index contributed by atoms with van der Waals surface area (Å²) in [7, 11) is 0. The first-order valence-corrected chi connectivity index (χ1v) is 8.48. The average Bonchev–Trinajstić information content (AvgIpc) is 3.09. The Kier molecular flexibility index (Phi) is 4.10. The van der Waals surface area contributed by atoms with Crippen LogP contribution in [0.3, 0.4) is 0 Å². The van der Waals surface area contributed by atoms with Gasteiger partial charge >= 0.3 is 0 Å². The molecule has 0 bridgehead atoms. The van der Waals surface area contributed by atoms with Crippen LogP contribution in [0.4, 0.5) is 0 Å². The Hall–Kier alpha value is -3.25. The van der Waals surface area contributed by atoms with Crippen LogP contribution in [0, 0.1) is 0 Å². The van der Waals surface area contributed by atoms with Crippen LogP contribution in [-0.2, 0) is 0 Å². The Morgan fingerprint density at radius 2 is 1.88 bits per heavy atom. The molecule has 0 spiro atoms. The minimum atomic E-state index is -0.315. The molecule has 0 fully saturated rings. The lowest BCUT2D eigenvalue weighted by Crippen LogP contribution is -2.39. The number of nitrogens with one attached hydrogen (secondary N) is 1. The number of nitrogens with zero attached hydrogens (tertiary/aromatic N) is 3. The van der Waals surface area contributed by atoms with Crippen LogP contribution in [0.15, 0.2) is 66.9 Å². The first-order chi connectivity index (χ1) is 12.6. The van der Waals surface area contributed by atoms with Crippen molar-refractivity contribution in [3.05, 3.63) is 78.1 Å². The van der Waals surface area contributed by atoms with Gasteiger partial charge in [0.25, 0.3) is 5.91 Å². The van der Waals surface area contributed by atoms with Gasteiger partial charge in [-0.25, -0.2) is 0 Å². The highest BCUT2D eigenvalue weighted by Crippen LogP contribution is 2.22. The van der Waals surface area contributed by atoms with Gasteiger partial charge in [0.2, 0.25) is 0 Å². The lowest BCUT2D eigenvalue weighted by Gasteiger charge is -2.22. The van der Waals surface area contributed by atoms with Crippen molar-refractivity contribution < 1.29 is 4.79 Å². The van der Waals surface area contributed by atoms with E-state index in [2.05, 4.69) is 27.6 Å². The number of amides is 1. The maximum Gasteiger partial charge on any atom is 0.272 e. The summed E-state index contributed by atoms with van der Waals surface area (Å²) in [5.74, 6) is -0.272. The van der Waals surface area contributed by atoms with Gasteiger partial charge in [0.05, 0.1) is 11.6 Å². The van der Waals surface area contributed by atoms with E-state index >= 15 is 0 Å². The van der Waals surface area contributed by atoms with Crippen LogP contribution in [-0.4, -0.2) is 26.8 Å². The Balaban J connectivity index is 1.64. The highest BCUT2D eigenvalue weighted by Gasteiger charge is 2.21. The van der Waals surface area contributed by atoms with Crippen LogP contribution >= 0.6 is 0 Å². The first kappa shape index (κ1) is 16.2. The van der Waals surface area contributed by atoms with Gasteiger partial charge in [-0.2, -0.15) is 9.73 Å². The molecule has 2 heterocycles. The Labute approximate surface area is 150 Å². The Bertz CT molecular complexity index is 1050. The number of aromatic nitrogens is 3. The molecule has 0 radical (unpaired) electrons. The zero-order valence-electron chi connectivity index (χ0n) is 14.3. The summed E-state index contributed by atoms with van der Waals surface area (Å²) >= 11 is 0. The third-order valence-corrected chi connectivity index (χ3v) is 4.42. The summed E-state index contributed by atoms with van der Waals surface area (Å²) in [5.41, 5.74) is 8.21. The van der Waals surface area contributed by atoms with Crippen molar-refractivity contribution in [2.45, 2.75) is 19.0 Å². The van der Waals surface area contributed by atoms with E-state index in [4.69, 9.17) is 5.73 Å². The SMILES string of the molecule is CC(N)C(NC(=O)c1cc2cccnn2n1)c1ccc2ccccc2c1. The minimum absolute atomic E-state index is 0.254. The molecule has 4 rings (SSSR count). The second-order valence-electron chi connectivity index (χ2n) is 6.38. The van der Waals surface area contributed by atoms with E-state index in [9.17, 15) is 4.79 Å². The summed E-state index contributed by atoms with van der Waals surface area (Å²) in [6, 6.07) is 19.0. The molecule has 0 saturated carbocycles. The molecule has 130 valence electrons. The molecule has 0 aliphatic carbocycles. The van der Waals surface area contributed by atoms with Crippen molar-refractivity contribution in [2.75, 3.05) is 0 Å². The number of hydrogen-bond donors (Lipinski definition) is 2.